The molecule has 1 fully saturated rings. The first-order chi connectivity index (χ1) is 16.0. The van der Waals surface area contributed by atoms with Gasteiger partial charge in [0.25, 0.3) is 0 Å². The number of anilines is 4. The average Bonchev–Trinajstić information content (AvgIpc) is 2.80. The molecule has 1 aromatic carbocycles. The lowest BCUT2D eigenvalue weighted by atomic mass is 10.3. The minimum Gasteiger partial charge on any atom is -0.494 e. The van der Waals surface area contributed by atoms with Crippen LogP contribution in [0.1, 0.15) is 18.3 Å². The summed E-state index contributed by atoms with van der Waals surface area (Å²) in [5.41, 5.74) is 1.87. The Balaban J connectivity index is 1.35. The molecular formula is C24H29N7O2. The summed E-state index contributed by atoms with van der Waals surface area (Å²) in [6, 6.07) is 13.1. The highest BCUT2D eigenvalue weighted by Gasteiger charge is 2.22. The Hall–Kier alpha value is -3.88. The van der Waals surface area contributed by atoms with Gasteiger partial charge in [0.05, 0.1) is 6.61 Å². The number of carbonyl (C=O) groups is 1. The molecule has 2 N–H and O–H groups in total. The first kappa shape index (κ1) is 22.3. The van der Waals surface area contributed by atoms with E-state index >= 15 is 0 Å². The van der Waals surface area contributed by atoms with Crippen LogP contribution in [0.15, 0.2) is 48.7 Å². The molecule has 9 heteroatoms. The number of aryl methyl sites for hydroxylation is 2. The van der Waals surface area contributed by atoms with Gasteiger partial charge in [0, 0.05) is 44.1 Å². The van der Waals surface area contributed by atoms with Crippen molar-refractivity contribution in [3.8, 4) is 5.75 Å². The van der Waals surface area contributed by atoms with Crippen molar-refractivity contribution in [3.05, 3.63) is 60.0 Å². The molecule has 0 bridgehead atoms. The van der Waals surface area contributed by atoms with Crippen molar-refractivity contribution < 1.29 is 9.53 Å². The summed E-state index contributed by atoms with van der Waals surface area (Å²) in [6.07, 6.45) is 1.77. The van der Waals surface area contributed by atoms with Crippen LogP contribution < -0.4 is 20.3 Å². The molecule has 0 saturated carbocycles. The predicted molar refractivity (Wildman–Crippen MR) is 129 cm³/mol. The highest BCUT2D eigenvalue weighted by atomic mass is 16.5. The molecule has 33 heavy (non-hydrogen) atoms. The van der Waals surface area contributed by atoms with E-state index < -0.39 is 0 Å². The summed E-state index contributed by atoms with van der Waals surface area (Å²) in [5.74, 6) is 3.75. The fraction of sp³-hybridized carbons (Fsp3) is 0.333. The SMILES string of the molecule is CCOc1ccc(NC(=O)N2CCN(c3cc(Nc4cc(C)ccn4)nc(C)n3)CC2)cc1. The fourth-order valence-electron chi connectivity index (χ4n) is 3.66. The lowest BCUT2D eigenvalue weighted by Gasteiger charge is -2.35. The van der Waals surface area contributed by atoms with Crippen LogP contribution in [0.5, 0.6) is 5.75 Å². The Morgan fingerprint density at radius 2 is 1.76 bits per heavy atom. The Morgan fingerprint density at radius 1 is 1.00 bits per heavy atom. The number of hydrogen-bond donors (Lipinski definition) is 2. The Labute approximate surface area is 193 Å². The highest BCUT2D eigenvalue weighted by molar-refractivity contribution is 5.89. The number of urea groups is 1. The monoisotopic (exact) mass is 447 g/mol. The van der Waals surface area contributed by atoms with E-state index in [0.29, 0.717) is 44.4 Å². The van der Waals surface area contributed by atoms with Crippen LogP contribution >= 0.6 is 0 Å². The van der Waals surface area contributed by atoms with Gasteiger partial charge >= 0.3 is 6.03 Å². The summed E-state index contributed by atoms with van der Waals surface area (Å²) >= 11 is 0. The minimum atomic E-state index is -0.106. The molecule has 0 spiro atoms. The third-order valence-electron chi connectivity index (χ3n) is 5.30. The zero-order chi connectivity index (χ0) is 23.2. The highest BCUT2D eigenvalue weighted by Crippen LogP contribution is 2.21. The zero-order valence-corrected chi connectivity index (χ0v) is 19.2. The molecule has 1 aliphatic rings. The molecule has 0 aliphatic carbocycles. The van der Waals surface area contributed by atoms with E-state index in [4.69, 9.17) is 4.74 Å². The van der Waals surface area contributed by atoms with Crippen LogP contribution in [0.3, 0.4) is 0 Å². The first-order valence-electron chi connectivity index (χ1n) is 11.1. The van der Waals surface area contributed by atoms with E-state index in [1.807, 2.05) is 68.1 Å². The standard InChI is InChI=1S/C24H29N7O2/c1-4-33-20-7-5-19(6-8-20)28-24(32)31-13-11-30(12-14-31)23-16-22(26-18(3)27-23)29-21-15-17(2)9-10-25-21/h5-10,15-16H,4,11-14H2,1-3H3,(H,28,32)(H,25,26,27,29). The number of piperazine rings is 1. The van der Waals surface area contributed by atoms with Crippen molar-refractivity contribution >= 4 is 29.2 Å². The summed E-state index contributed by atoms with van der Waals surface area (Å²) in [4.78, 5) is 30.1. The van der Waals surface area contributed by atoms with Gasteiger partial charge < -0.3 is 25.2 Å². The van der Waals surface area contributed by atoms with E-state index in [-0.39, 0.29) is 6.03 Å². The molecule has 9 nitrogen and oxygen atoms in total. The number of nitrogens with one attached hydrogen (secondary N) is 2. The van der Waals surface area contributed by atoms with Crippen LogP contribution in [0, 0.1) is 13.8 Å². The molecule has 0 atom stereocenters. The smallest absolute Gasteiger partial charge is 0.321 e. The quantitative estimate of drug-likeness (QED) is 0.590. The van der Waals surface area contributed by atoms with Crippen LogP contribution in [0.25, 0.3) is 0 Å². The maximum Gasteiger partial charge on any atom is 0.321 e. The van der Waals surface area contributed by atoms with Crippen molar-refractivity contribution in [1.29, 1.82) is 0 Å². The largest absolute Gasteiger partial charge is 0.494 e. The molecule has 0 radical (unpaired) electrons. The van der Waals surface area contributed by atoms with Crippen molar-refractivity contribution in [1.82, 2.24) is 19.9 Å². The Morgan fingerprint density at radius 3 is 2.45 bits per heavy atom. The minimum absolute atomic E-state index is 0.106. The second-order valence-corrected chi connectivity index (χ2v) is 7.86. The number of benzene rings is 1. The molecule has 0 unspecified atom stereocenters. The number of ether oxygens (including phenoxy) is 1. The topological polar surface area (TPSA) is 95.5 Å². The maximum absolute atomic E-state index is 12.7. The molecular weight excluding hydrogens is 418 g/mol. The van der Waals surface area contributed by atoms with E-state index in [0.717, 1.165) is 28.6 Å². The second-order valence-electron chi connectivity index (χ2n) is 7.86. The van der Waals surface area contributed by atoms with Crippen LogP contribution in [0.2, 0.25) is 0 Å². The first-order valence-corrected chi connectivity index (χ1v) is 11.1. The maximum atomic E-state index is 12.7. The van der Waals surface area contributed by atoms with Gasteiger partial charge in [0.15, 0.2) is 0 Å². The lowest BCUT2D eigenvalue weighted by molar-refractivity contribution is 0.208. The van der Waals surface area contributed by atoms with Crippen molar-refractivity contribution in [2.75, 3.05) is 48.3 Å². The van der Waals surface area contributed by atoms with Gasteiger partial charge in [-0.05, 0) is 62.7 Å². The average molecular weight is 448 g/mol. The molecule has 172 valence electrons. The molecule has 1 saturated heterocycles. The third kappa shape index (κ3) is 5.88. The normalized spacial score (nSPS) is 13.5. The van der Waals surface area contributed by atoms with E-state index in [1.165, 1.54) is 0 Å². The third-order valence-corrected chi connectivity index (χ3v) is 5.30. The van der Waals surface area contributed by atoms with E-state index in [2.05, 4.69) is 30.5 Å². The number of aromatic nitrogens is 3. The van der Waals surface area contributed by atoms with Crippen LogP contribution in [-0.4, -0.2) is 58.7 Å². The zero-order valence-electron chi connectivity index (χ0n) is 19.2. The van der Waals surface area contributed by atoms with Crippen LogP contribution in [0.4, 0.5) is 27.9 Å². The van der Waals surface area contributed by atoms with E-state index in [9.17, 15) is 4.79 Å². The number of pyridine rings is 1. The van der Waals surface area contributed by atoms with Gasteiger partial charge in [-0.15, -0.1) is 0 Å². The number of amides is 2. The van der Waals surface area contributed by atoms with Gasteiger partial charge in [-0.2, -0.15) is 0 Å². The Bertz CT molecular complexity index is 1100. The molecule has 1 aliphatic heterocycles. The molecule has 4 rings (SSSR count). The Kier molecular flexibility index (Phi) is 6.87. The lowest BCUT2D eigenvalue weighted by Crippen LogP contribution is -2.50. The predicted octanol–water partition coefficient (Wildman–Crippen LogP) is 3.98. The molecule has 2 amide bonds. The number of nitrogens with zero attached hydrogens (tertiary/aromatic N) is 5. The van der Waals surface area contributed by atoms with Crippen molar-refractivity contribution in [3.63, 3.8) is 0 Å². The number of hydrogen-bond acceptors (Lipinski definition) is 7. The fourth-order valence-corrected chi connectivity index (χ4v) is 3.66. The van der Waals surface area contributed by atoms with Gasteiger partial charge in [0.1, 0.15) is 29.0 Å². The van der Waals surface area contributed by atoms with Crippen molar-refractivity contribution in [2.45, 2.75) is 20.8 Å². The summed E-state index contributed by atoms with van der Waals surface area (Å²) < 4.78 is 5.44. The number of rotatable bonds is 6. The van der Waals surface area contributed by atoms with Gasteiger partial charge in [0.2, 0.25) is 0 Å². The van der Waals surface area contributed by atoms with Crippen molar-refractivity contribution in [2.24, 2.45) is 0 Å². The molecule has 3 aromatic rings. The summed E-state index contributed by atoms with van der Waals surface area (Å²) in [7, 11) is 0. The molecule has 3 heterocycles. The second kappa shape index (κ2) is 10.2. The number of carbonyl (C=O) groups excluding carboxylic acids is 1. The van der Waals surface area contributed by atoms with Gasteiger partial charge in [-0.25, -0.2) is 19.7 Å². The summed E-state index contributed by atoms with van der Waals surface area (Å²) in [5, 5.41) is 6.21. The van der Waals surface area contributed by atoms with Gasteiger partial charge in [-0.3, -0.25) is 0 Å². The molecule has 2 aromatic heterocycles. The van der Waals surface area contributed by atoms with Crippen LogP contribution in [-0.2, 0) is 0 Å². The summed E-state index contributed by atoms with van der Waals surface area (Å²) in [6.45, 7) is 9.04. The van der Waals surface area contributed by atoms with Gasteiger partial charge in [-0.1, -0.05) is 0 Å². The van der Waals surface area contributed by atoms with E-state index in [1.54, 1.807) is 6.20 Å².